The van der Waals surface area contributed by atoms with E-state index in [2.05, 4.69) is 33.0 Å². The lowest BCUT2D eigenvalue weighted by molar-refractivity contribution is -0.0230. The van der Waals surface area contributed by atoms with Crippen molar-refractivity contribution < 1.29 is 4.74 Å². The molecule has 3 saturated carbocycles. The van der Waals surface area contributed by atoms with Gasteiger partial charge in [0.15, 0.2) is 0 Å². The summed E-state index contributed by atoms with van der Waals surface area (Å²) in [5.74, 6) is 4.70. The van der Waals surface area contributed by atoms with Crippen LogP contribution in [0.3, 0.4) is 0 Å². The summed E-state index contributed by atoms with van der Waals surface area (Å²) in [6.07, 6.45) is 19.2. The summed E-state index contributed by atoms with van der Waals surface area (Å²) < 4.78 is 5.17. The summed E-state index contributed by atoms with van der Waals surface area (Å²) in [7, 11) is 1.77. The lowest BCUT2D eigenvalue weighted by Crippen LogP contribution is -2.43. The molecule has 3 aliphatic rings. The summed E-state index contributed by atoms with van der Waals surface area (Å²) >= 11 is 0. The molecular formula is C27H51NO. The molecule has 0 spiro atoms. The Bertz CT molecular complexity index is 489. The molecule has 0 saturated heterocycles. The van der Waals surface area contributed by atoms with Gasteiger partial charge in [0.05, 0.1) is 6.73 Å². The van der Waals surface area contributed by atoms with Gasteiger partial charge < -0.3 is 4.74 Å². The van der Waals surface area contributed by atoms with E-state index in [0.29, 0.717) is 17.6 Å². The first-order valence-corrected chi connectivity index (χ1v) is 13.1. The maximum Gasteiger partial charge on any atom is 0.0961 e. The van der Waals surface area contributed by atoms with Crippen molar-refractivity contribution in [2.75, 3.05) is 20.4 Å². The van der Waals surface area contributed by atoms with E-state index in [0.717, 1.165) is 36.1 Å². The molecule has 0 radical (unpaired) electrons. The van der Waals surface area contributed by atoms with Crippen LogP contribution in [-0.2, 0) is 4.74 Å². The Morgan fingerprint density at radius 3 is 2.52 bits per heavy atom. The Balaban J connectivity index is 1.69. The van der Waals surface area contributed by atoms with E-state index in [1.54, 1.807) is 7.11 Å². The third kappa shape index (κ3) is 5.59. The number of fused-ring (bicyclic) bond motifs is 3. The molecule has 2 heteroatoms. The minimum Gasteiger partial charge on any atom is -0.370 e. The van der Waals surface area contributed by atoms with Crippen LogP contribution in [-0.4, -0.2) is 20.4 Å². The standard InChI is InChI=1S/C27H51NO/c1-21(16-19-28-20-29-5)24-12-9-10-22-13-14-23-11-7-6-8-17-27(23,4)25(22)15-18-26(24,2)3/h21-25,28H,6-20H2,1-5H3/t21?,22?,23?,24-,25?,27?/m1/s1. The van der Waals surface area contributed by atoms with Gasteiger partial charge in [-0.15, -0.1) is 0 Å². The van der Waals surface area contributed by atoms with E-state index >= 15 is 0 Å². The smallest absolute Gasteiger partial charge is 0.0961 e. The second-order valence-corrected chi connectivity index (χ2v) is 12.0. The number of hydrogen-bond acceptors (Lipinski definition) is 2. The first kappa shape index (κ1) is 23.6. The monoisotopic (exact) mass is 405 g/mol. The average Bonchev–Trinajstić information content (AvgIpc) is 2.84. The molecule has 0 amide bonds. The van der Waals surface area contributed by atoms with Crippen molar-refractivity contribution >= 4 is 0 Å². The maximum absolute atomic E-state index is 5.17. The molecule has 0 aromatic rings. The van der Waals surface area contributed by atoms with Crippen molar-refractivity contribution in [2.24, 2.45) is 40.4 Å². The zero-order chi connectivity index (χ0) is 20.9. The van der Waals surface area contributed by atoms with E-state index in [1.165, 1.54) is 83.5 Å². The van der Waals surface area contributed by atoms with Crippen molar-refractivity contribution in [3.8, 4) is 0 Å². The number of hydrogen-bond donors (Lipinski definition) is 1. The summed E-state index contributed by atoms with van der Waals surface area (Å²) in [6, 6.07) is 0. The average molecular weight is 406 g/mol. The Hall–Kier alpha value is -0.0800. The summed E-state index contributed by atoms with van der Waals surface area (Å²) in [4.78, 5) is 0. The predicted octanol–water partition coefficient (Wildman–Crippen LogP) is 7.43. The van der Waals surface area contributed by atoms with Crippen LogP contribution in [0.2, 0.25) is 0 Å². The Labute approximate surface area is 182 Å². The number of rotatable bonds is 6. The van der Waals surface area contributed by atoms with Gasteiger partial charge in [0.25, 0.3) is 0 Å². The van der Waals surface area contributed by atoms with Crippen molar-refractivity contribution in [3.05, 3.63) is 0 Å². The molecule has 6 atom stereocenters. The fourth-order valence-corrected chi connectivity index (χ4v) is 8.10. The van der Waals surface area contributed by atoms with Gasteiger partial charge in [-0.25, -0.2) is 0 Å². The highest BCUT2D eigenvalue weighted by Gasteiger charge is 2.49. The predicted molar refractivity (Wildman–Crippen MR) is 125 cm³/mol. The Kier molecular flexibility index (Phi) is 8.53. The molecule has 0 bridgehead atoms. The van der Waals surface area contributed by atoms with Crippen LogP contribution in [0.15, 0.2) is 0 Å². The molecular weight excluding hydrogens is 354 g/mol. The van der Waals surface area contributed by atoms with Crippen LogP contribution in [0.4, 0.5) is 0 Å². The second-order valence-electron chi connectivity index (χ2n) is 12.0. The minimum absolute atomic E-state index is 0.476. The van der Waals surface area contributed by atoms with Crippen molar-refractivity contribution in [2.45, 2.75) is 111 Å². The normalized spacial score (nSPS) is 39.2. The maximum atomic E-state index is 5.17. The highest BCUT2D eigenvalue weighted by atomic mass is 16.5. The van der Waals surface area contributed by atoms with Gasteiger partial charge in [-0.3, -0.25) is 5.32 Å². The summed E-state index contributed by atoms with van der Waals surface area (Å²) in [6.45, 7) is 12.2. The van der Waals surface area contributed by atoms with Gasteiger partial charge in [-0.2, -0.15) is 0 Å². The minimum atomic E-state index is 0.476. The third-order valence-electron chi connectivity index (χ3n) is 9.91. The van der Waals surface area contributed by atoms with Crippen LogP contribution >= 0.6 is 0 Å². The van der Waals surface area contributed by atoms with Crippen LogP contribution in [0.25, 0.3) is 0 Å². The Morgan fingerprint density at radius 1 is 0.897 bits per heavy atom. The fraction of sp³-hybridized carbons (Fsp3) is 1.00. The van der Waals surface area contributed by atoms with Gasteiger partial charge in [-0.05, 0) is 98.3 Å². The first-order valence-electron chi connectivity index (χ1n) is 13.1. The molecule has 170 valence electrons. The van der Waals surface area contributed by atoms with Gasteiger partial charge in [-0.1, -0.05) is 59.8 Å². The largest absolute Gasteiger partial charge is 0.370 e. The summed E-state index contributed by atoms with van der Waals surface area (Å²) in [5, 5.41) is 3.43. The van der Waals surface area contributed by atoms with Crippen molar-refractivity contribution in [1.82, 2.24) is 5.32 Å². The van der Waals surface area contributed by atoms with Crippen LogP contribution in [0.5, 0.6) is 0 Å². The molecule has 5 unspecified atom stereocenters. The topological polar surface area (TPSA) is 21.3 Å². The van der Waals surface area contributed by atoms with E-state index in [9.17, 15) is 0 Å². The van der Waals surface area contributed by atoms with E-state index in [4.69, 9.17) is 4.74 Å². The lowest BCUT2D eigenvalue weighted by Gasteiger charge is -2.52. The molecule has 3 rings (SSSR count). The SMILES string of the molecule is COCNCCC(C)[C@H]1CCCC2CCC3CCCCCC3(C)C2CCC1(C)C. The van der Waals surface area contributed by atoms with Gasteiger partial charge in [0, 0.05) is 7.11 Å². The van der Waals surface area contributed by atoms with Crippen molar-refractivity contribution in [1.29, 1.82) is 0 Å². The highest BCUT2D eigenvalue weighted by Crippen LogP contribution is 2.58. The summed E-state index contributed by atoms with van der Waals surface area (Å²) in [5.41, 5.74) is 1.12. The molecule has 29 heavy (non-hydrogen) atoms. The van der Waals surface area contributed by atoms with E-state index < -0.39 is 0 Å². The van der Waals surface area contributed by atoms with Crippen LogP contribution in [0, 0.1) is 40.4 Å². The van der Waals surface area contributed by atoms with E-state index in [1.807, 2.05) is 0 Å². The van der Waals surface area contributed by atoms with Crippen LogP contribution < -0.4 is 5.32 Å². The molecule has 0 aromatic heterocycles. The van der Waals surface area contributed by atoms with Gasteiger partial charge in [0.1, 0.15) is 0 Å². The molecule has 2 nitrogen and oxygen atoms in total. The molecule has 0 aliphatic heterocycles. The zero-order valence-electron chi connectivity index (χ0n) is 20.4. The first-order chi connectivity index (χ1) is 13.9. The van der Waals surface area contributed by atoms with Gasteiger partial charge in [0.2, 0.25) is 0 Å². The third-order valence-corrected chi connectivity index (χ3v) is 9.91. The second kappa shape index (κ2) is 10.5. The molecule has 1 N–H and O–H groups in total. The number of nitrogens with one attached hydrogen (secondary N) is 1. The molecule has 3 fully saturated rings. The van der Waals surface area contributed by atoms with Crippen molar-refractivity contribution in [3.63, 3.8) is 0 Å². The molecule has 0 heterocycles. The Morgan fingerprint density at radius 2 is 1.72 bits per heavy atom. The lowest BCUT2D eigenvalue weighted by atomic mass is 9.53. The fourth-order valence-electron chi connectivity index (χ4n) is 8.10. The zero-order valence-corrected chi connectivity index (χ0v) is 20.4. The molecule has 0 aromatic carbocycles. The quantitative estimate of drug-likeness (QED) is 0.366. The molecule has 3 aliphatic carbocycles. The van der Waals surface area contributed by atoms with Crippen LogP contribution in [0.1, 0.15) is 111 Å². The number of methoxy groups -OCH3 is 1. The van der Waals surface area contributed by atoms with Gasteiger partial charge >= 0.3 is 0 Å². The van der Waals surface area contributed by atoms with E-state index in [-0.39, 0.29) is 0 Å². The number of ether oxygens (including phenoxy) is 1. The highest BCUT2D eigenvalue weighted by molar-refractivity contribution is 4.99.